The second kappa shape index (κ2) is 8.07. The molecule has 0 aliphatic heterocycles. The zero-order valence-electron chi connectivity index (χ0n) is 10.1. The van der Waals surface area contributed by atoms with Crippen LogP contribution in [0.15, 0.2) is 28.7 Å². The Labute approximate surface area is 114 Å². The largest absolute Gasteiger partial charge is 0.491 e. The number of benzene rings is 1. The molecule has 2 N–H and O–H groups in total. The van der Waals surface area contributed by atoms with Crippen molar-refractivity contribution >= 4 is 21.9 Å². The van der Waals surface area contributed by atoms with E-state index in [1.807, 2.05) is 12.1 Å². The first-order chi connectivity index (χ1) is 8.61. The van der Waals surface area contributed by atoms with Crippen molar-refractivity contribution in [3.05, 3.63) is 28.7 Å². The number of carbonyl (C=O) groups excluding carboxylic acids is 1. The smallest absolute Gasteiger partial charge is 0.319 e. The average Bonchev–Trinajstić information content (AvgIpc) is 2.38. The number of aliphatic hydroxyl groups is 1. The third kappa shape index (κ3) is 6.00. The highest BCUT2D eigenvalue weighted by Crippen LogP contribution is 2.16. The molecular formula is C12H16BrNO4. The van der Waals surface area contributed by atoms with Gasteiger partial charge in [0.2, 0.25) is 0 Å². The van der Waals surface area contributed by atoms with Crippen molar-refractivity contribution in [2.75, 3.05) is 26.8 Å². The maximum Gasteiger partial charge on any atom is 0.319 e. The van der Waals surface area contributed by atoms with E-state index in [0.29, 0.717) is 5.75 Å². The van der Waals surface area contributed by atoms with E-state index in [2.05, 4.69) is 26.0 Å². The highest BCUT2D eigenvalue weighted by Gasteiger charge is 2.06. The molecule has 5 nitrogen and oxygen atoms in total. The summed E-state index contributed by atoms with van der Waals surface area (Å²) in [4.78, 5) is 10.8. The third-order valence-corrected chi connectivity index (χ3v) is 2.66. The fourth-order valence-electron chi connectivity index (χ4n) is 1.20. The standard InChI is InChI=1S/C12H16BrNO4/c1-17-12(16)7-14-6-10(15)8-18-11-4-2-9(13)3-5-11/h2-5,10,14-15H,6-8H2,1H3. The molecule has 6 heteroatoms. The van der Waals surface area contributed by atoms with Gasteiger partial charge in [-0.15, -0.1) is 0 Å². The highest BCUT2D eigenvalue weighted by molar-refractivity contribution is 9.10. The fourth-order valence-corrected chi connectivity index (χ4v) is 1.46. The molecule has 0 spiro atoms. The summed E-state index contributed by atoms with van der Waals surface area (Å²) in [6.45, 7) is 0.507. The monoisotopic (exact) mass is 317 g/mol. The van der Waals surface area contributed by atoms with E-state index in [-0.39, 0.29) is 25.7 Å². The molecule has 0 fully saturated rings. The lowest BCUT2D eigenvalue weighted by Gasteiger charge is -2.12. The summed E-state index contributed by atoms with van der Waals surface area (Å²) >= 11 is 3.32. The highest BCUT2D eigenvalue weighted by atomic mass is 79.9. The molecule has 0 aliphatic rings. The first-order valence-electron chi connectivity index (χ1n) is 5.46. The summed E-state index contributed by atoms with van der Waals surface area (Å²) in [6.07, 6.45) is -0.682. The second-order valence-corrected chi connectivity index (χ2v) is 4.54. The third-order valence-electron chi connectivity index (χ3n) is 2.13. The lowest BCUT2D eigenvalue weighted by molar-refractivity contribution is -0.139. The van der Waals surface area contributed by atoms with Crippen LogP contribution in [0.4, 0.5) is 0 Å². The SMILES string of the molecule is COC(=O)CNCC(O)COc1ccc(Br)cc1. The maximum absolute atomic E-state index is 10.8. The minimum absolute atomic E-state index is 0.0752. The lowest BCUT2D eigenvalue weighted by atomic mass is 10.3. The minimum Gasteiger partial charge on any atom is -0.491 e. The van der Waals surface area contributed by atoms with Crippen molar-refractivity contribution in [1.82, 2.24) is 5.32 Å². The molecule has 1 aromatic carbocycles. The van der Waals surface area contributed by atoms with Gasteiger partial charge in [0.1, 0.15) is 18.5 Å². The maximum atomic E-state index is 10.8. The average molecular weight is 318 g/mol. The molecule has 1 rings (SSSR count). The Hall–Kier alpha value is -1.11. The van der Waals surface area contributed by atoms with Crippen LogP contribution >= 0.6 is 15.9 Å². The molecule has 0 saturated carbocycles. The topological polar surface area (TPSA) is 67.8 Å². The molecule has 0 aliphatic carbocycles. The van der Waals surface area contributed by atoms with Crippen molar-refractivity contribution in [3.8, 4) is 5.75 Å². The molecule has 18 heavy (non-hydrogen) atoms. The summed E-state index contributed by atoms with van der Waals surface area (Å²) in [7, 11) is 1.32. The van der Waals surface area contributed by atoms with Crippen LogP contribution in [0.1, 0.15) is 0 Å². The van der Waals surface area contributed by atoms with E-state index in [4.69, 9.17) is 4.74 Å². The van der Waals surface area contributed by atoms with Crippen molar-refractivity contribution in [2.24, 2.45) is 0 Å². The number of hydrogen-bond donors (Lipinski definition) is 2. The van der Waals surface area contributed by atoms with Crippen LogP contribution in [0, 0.1) is 0 Å². The number of aliphatic hydroxyl groups excluding tert-OH is 1. The summed E-state index contributed by atoms with van der Waals surface area (Å²) in [5.41, 5.74) is 0. The van der Waals surface area contributed by atoms with Crippen LogP contribution in [-0.4, -0.2) is 44.0 Å². The molecule has 1 aromatic rings. The number of carbonyl (C=O) groups is 1. The van der Waals surface area contributed by atoms with Crippen molar-refractivity contribution in [2.45, 2.75) is 6.10 Å². The number of nitrogens with one attached hydrogen (secondary N) is 1. The number of hydrogen-bond acceptors (Lipinski definition) is 5. The van der Waals surface area contributed by atoms with E-state index in [1.54, 1.807) is 12.1 Å². The lowest BCUT2D eigenvalue weighted by Crippen LogP contribution is -2.34. The van der Waals surface area contributed by atoms with E-state index in [1.165, 1.54) is 7.11 Å². The van der Waals surface area contributed by atoms with Gasteiger partial charge in [-0.25, -0.2) is 0 Å². The zero-order valence-corrected chi connectivity index (χ0v) is 11.6. The van der Waals surface area contributed by atoms with Gasteiger partial charge < -0.3 is 19.9 Å². The van der Waals surface area contributed by atoms with E-state index < -0.39 is 6.10 Å². The Morgan fingerprint density at radius 2 is 2.11 bits per heavy atom. The Balaban J connectivity index is 2.18. The summed E-state index contributed by atoms with van der Waals surface area (Å²) < 4.78 is 10.8. The quantitative estimate of drug-likeness (QED) is 0.733. The van der Waals surface area contributed by atoms with Crippen LogP contribution in [0.25, 0.3) is 0 Å². The van der Waals surface area contributed by atoms with Crippen LogP contribution < -0.4 is 10.1 Å². The van der Waals surface area contributed by atoms with Gasteiger partial charge in [-0.2, -0.15) is 0 Å². The molecule has 0 aromatic heterocycles. The first kappa shape index (κ1) is 14.9. The molecule has 0 radical (unpaired) electrons. The van der Waals surface area contributed by atoms with Crippen LogP contribution in [0.5, 0.6) is 5.75 Å². The van der Waals surface area contributed by atoms with E-state index in [9.17, 15) is 9.90 Å². The van der Waals surface area contributed by atoms with Gasteiger partial charge in [-0.1, -0.05) is 15.9 Å². The number of rotatable bonds is 7. The van der Waals surface area contributed by atoms with Crippen molar-refractivity contribution in [3.63, 3.8) is 0 Å². The summed E-state index contributed by atoms with van der Waals surface area (Å²) in [5, 5.41) is 12.4. The number of halogens is 1. The molecule has 100 valence electrons. The molecule has 0 bridgehead atoms. The van der Waals surface area contributed by atoms with E-state index >= 15 is 0 Å². The van der Waals surface area contributed by atoms with Gasteiger partial charge in [-0.3, -0.25) is 4.79 Å². The van der Waals surface area contributed by atoms with Gasteiger partial charge in [0.05, 0.1) is 13.7 Å². The normalized spacial score (nSPS) is 11.9. The Kier molecular flexibility index (Phi) is 6.70. The molecule has 0 heterocycles. The van der Waals surface area contributed by atoms with Gasteiger partial charge in [0.15, 0.2) is 0 Å². The molecule has 1 unspecified atom stereocenters. The molecule has 0 saturated heterocycles. The molecule has 1 atom stereocenters. The Bertz CT molecular complexity index is 369. The van der Waals surface area contributed by atoms with Gasteiger partial charge in [0.25, 0.3) is 0 Å². The predicted molar refractivity (Wildman–Crippen MR) is 70.5 cm³/mol. The molecule has 0 amide bonds. The van der Waals surface area contributed by atoms with Gasteiger partial charge >= 0.3 is 5.97 Å². The van der Waals surface area contributed by atoms with Crippen molar-refractivity contribution < 1.29 is 19.4 Å². The van der Waals surface area contributed by atoms with E-state index in [0.717, 1.165) is 4.47 Å². The van der Waals surface area contributed by atoms with Crippen LogP contribution in [-0.2, 0) is 9.53 Å². The van der Waals surface area contributed by atoms with Crippen LogP contribution in [0.3, 0.4) is 0 Å². The fraction of sp³-hybridized carbons (Fsp3) is 0.417. The van der Waals surface area contributed by atoms with Gasteiger partial charge in [-0.05, 0) is 24.3 Å². The second-order valence-electron chi connectivity index (χ2n) is 3.63. The first-order valence-corrected chi connectivity index (χ1v) is 6.25. The van der Waals surface area contributed by atoms with Crippen molar-refractivity contribution in [1.29, 1.82) is 0 Å². The number of esters is 1. The van der Waals surface area contributed by atoms with Gasteiger partial charge in [0, 0.05) is 11.0 Å². The Morgan fingerprint density at radius 1 is 1.44 bits per heavy atom. The summed E-state index contributed by atoms with van der Waals surface area (Å²) in [5.74, 6) is 0.321. The zero-order chi connectivity index (χ0) is 13.4. The predicted octanol–water partition coefficient (Wildman–Crippen LogP) is 0.951. The molecular weight excluding hydrogens is 302 g/mol. The Morgan fingerprint density at radius 3 is 2.72 bits per heavy atom. The number of ether oxygens (including phenoxy) is 2. The van der Waals surface area contributed by atoms with Crippen LogP contribution in [0.2, 0.25) is 0 Å². The summed E-state index contributed by atoms with van der Waals surface area (Å²) in [6, 6.07) is 7.33. The number of methoxy groups -OCH3 is 1. The minimum atomic E-state index is -0.682.